The van der Waals surface area contributed by atoms with Crippen LogP contribution < -0.4 is 5.73 Å². The molecule has 17 heavy (non-hydrogen) atoms. The molecule has 0 radical (unpaired) electrons. The molecule has 1 fully saturated rings. The number of hydrogen-bond acceptors (Lipinski definition) is 3. The smallest absolute Gasteiger partial charge is 0.183 e. The summed E-state index contributed by atoms with van der Waals surface area (Å²) in [4.78, 5) is 0. The molecule has 1 saturated carbocycles. The zero-order valence-electron chi connectivity index (χ0n) is 10.6. The van der Waals surface area contributed by atoms with E-state index >= 15 is 0 Å². The molecule has 0 atom stereocenters. The van der Waals surface area contributed by atoms with Crippen LogP contribution in [0.1, 0.15) is 36.7 Å². The number of benzene rings is 1. The lowest BCUT2D eigenvalue weighted by atomic mass is 9.99. The topological polar surface area (TPSA) is 44.5 Å². The van der Waals surface area contributed by atoms with Gasteiger partial charge in [-0.1, -0.05) is 24.3 Å². The molecule has 94 valence electrons. The fraction of sp³-hybridized carbons (Fsp3) is 0.571. The van der Waals surface area contributed by atoms with E-state index in [1.807, 2.05) is 6.07 Å². The van der Waals surface area contributed by atoms with Gasteiger partial charge in [-0.2, -0.15) is 0 Å². The molecule has 0 aromatic heterocycles. The first-order chi connectivity index (χ1) is 8.18. The van der Waals surface area contributed by atoms with Crippen molar-refractivity contribution in [3.8, 4) is 0 Å². The van der Waals surface area contributed by atoms with Crippen LogP contribution in [0.15, 0.2) is 24.3 Å². The number of rotatable bonds is 6. The van der Waals surface area contributed by atoms with Crippen LogP contribution in [-0.4, -0.2) is 19.8 Å². The summed E-state index contributed by atoms with van der Waals surface area (Å²) in [7, 11) is 3.33. The van der Waals surface area contributed by atoms with E-state index in [9.17, 15) is 0 Å². The number of aryl methyl sites for hydroxylation is 1. The van der Waals surface area contributed by atoms with E-state index in [4.69, 9.17) is 15.2 Å². The maximum atomic E-state index is 6.12. The van der Waals surface area contributed by atoms with Crippen molar-refractivity contribution < 1.29 is 9.47 Å². The summed E-state index contributed by atoms with van der Waals surface area (Å²) >= 11 is 0. The van der Waals surface area contributed by atoms with Crippen LogP contribution in [0.25, 0.3) is 0 Å². The van der Waals surface area contributed by atoms with Gasteiger partial charge in [0.25, 0.3) is 0 Å². The zero-order valence-corrected chi connectivity index (χ0v) is 10.6. The third-order valence-electron chi connectivity index (χ3n) is 3.52. The summed E-state index contributed by atoms with van der Waals surface area (Å²) in [6.45, 7) is 0. The second-order valence-corrected chi connectivity index (χ2v) is 4.86. The van der Waals surface area contributed by atoms with Gasteiger partial charge in [0.2, 0.25) is 0 Å². The maximum Gasteiger partial charge on any atom is 0.183 e. The summed E-state index contributed by atoms with van der Waals surface area (Å²) in [5.74, 6) is 0. The number of nitrogens with two attached hydrogens (primary N) is 1. The average Bonchev–Trinajstić information content (AvgIpc) is 3.08. The van der Waals surface area contributed by atoms with Crippen molar-refractivity contribution >= 4 is 0 Å². The van der Waals surface area contributed by atoms with Gasteiger partial charge in [-0.15, -0.1) is 0 Å². The van der Waals surface area contributed by atoms with Crippen molar-refractivity contribution in [3.63, 3.8) is 0 Å². The Morgan fingerprint density at radius 1 is 1.24 bits per heavy atom. The van der Waals surface area contributed by atoms with Gasteiger partial charge >= 0.3 is 0 Å². The molecule has 0 saturated heterocycles. The molecule has 1 aromatic rings. The lowest BCUT2D eigenvalue weighted by Crippen LogP contribution is -2.22. The van der Waals surface area contributed by atoms with E-state index in [2.05, 4.69) is 18.2 Å². The molecule has 1 aliphatic carbocycles. The summed E-state index contributed by atoms with van der Waals surface area (Å²) in [6, 6.07) is 8.26. The van der Waals surface area contributed by atoms with Gasteiger partial charge in [-0.05, 0) is 31.2 Å². The highest BCUT2D eigenvalue weighted by Gasteiger charge is 2.37. The minimum atomic E-state index is -0.279. The Kier molecular flexibility index (Phi) is 3.82. The van der Waals surface area contributed by atoms with Crippen LogP contribution in [0.2, 0.25) is 0 Å². The van der Waals surface area contributed by atoms with Crippen LogP contribution in [0.4, 0.5) is 0 Å². The molecule has 0 unspecified atom stereocenters. The highest BCUT2D eigenvalue weighted by molar-refractivity contribution is 5.29. The minimum absolute atomic E-state index is 0.1000. The monoisotopic (exact) mass is 235 g/mol. The van der Waals surface area contributed by atoms with E-state index in [0.717, 1.165) is 31.2 Å². The molecule has 0 amide bonds. The second kappa shape index (κ2) is 5.17. The zero-order chi connectivity index (χ0) is 12.3. The Hall–Kier alpha value is -0.900. The van der Waals surface area contributed by atoms with Crippen LogP contribution >= 0.6 is 0 Å². The average molecular weight is 235 g/mol. The summed E-state index contributed by atoms with van der Waals surface area (Å²) < 4.78 is 10.6. The third-order valence-corrected chi connectivity index (χ3v) is 3.52. The van der Waals surface area contributed by atoms with Gasteiger partial charge in [0.05, 0.1) is 0 Å². The van der Waals surface area contributed by atoms with E-state index in [1.165, 1.54) is 5.56 Å². The standard InChI is InChI=1S/C14H21NO2/c1-16-13(17-2)12-6-4-3-5-11(12)7-8-14(15)9-10-14/h3-6,13H,7-10,15H2,1-2H3. The molecule has 2 N–H and O–H groups in total. The normalized spacial score (nSPS) is 17.4. The summed E-state index contributed by atoms with van der Waals surface area (Å²) in [5.41, 5.74) is 8.61. The largest absolute Gasteiger partial charge is 0.352 e. The van der Waals surface area contributed by atoms with Crippen LogP contribution in [0.5, 0.6) is 0 Å². The molecule has 0 aliphatic heterocycles. The molecular weight excluding hydrogens is 214 g/mol. The fourth-order valence-electron chi connectivity index (χ4n) is 2.14. The first kappa shape index (κ1) is 12.6. The summed E-state index contributed by atoms with van der Waals surface area (Å²) in [6.07, 6.45) is 4.08. The first-order valence-corrected chi connectivity index (χ1v) is 6.11. The minimum Gasteiger partial charge on any atom is -0.352 e. The van der Waals surface area contributed by atoms with Crippen molar-refractivity contribution in [2.75, 3.05) is 14.2 Å². The molecular formula is C14H21NO2. The maximum absolute atomic E-state index is 6.12. The highest BCUT2D eigenvalue weighted by atomic mass is 16.7. The van der Waals surface area contributed by atoms with Crippen molar-refractivity contribution in [1.82, 2.24) is 0 Å². The van der Waals surface area contributed by atoms with E-state index in [1.54, 1.807) is 14.2 Å². The quantitative estimate of drug-likeness (QED) is 0.770. The van der Waals surface area contributed by atoms with Crippen LogP contribution in [0, 0.1) is 0 Å². The van der Waals surface area contributed by atoms with Gasteiger partial charge in [-0.25, -0.2) is 0 Å². The van der Waals surface area contributed by atoms with Crippen molar-refractivity contribution in [2.24, 2.45) is 5.73 Å². The number of ether oxygens (including phenoxy) is 2. The highest BCUT2D eigenvalue weighted by Crippen LogP contribution is 2.37. The van der Waals surface area contributed by atoms with Gasteiger partial charge in [0.15, 0.2) is 6.29 Å². The predicted octanol–water partition coefficient (Wildman–Crippen LogP) is 2.40. The Morgan fingerprint density at radius 3 is 2.47 bits per heavy atom. The molecule has 0 spiro atoms. The predicted molar refractivity (Wildman–Crippen MR) is 67.7 cm³/mol. The fourth-order valence-corrected chi connectivity index (χ4v) is 2.14. The summed E-state index contributed by atoms with van der Waals surface area (Å²) in [5, 5.41) is 0. The Bertz CT molecular complexity index is 370. The first-order valence-electron chi connectivity index (χ1n) is 6.11. The lowest BCUT2D eigenvalue weighted by Gasteiger charge is -2.18. The van der Waals surface area contributed by atoms with E-state index < -0.39 is 0 Å². The van der Waals surface area contributed by atoms with Crippen molar-refractivity contribution in [3.05, 3.63) is 35.4 Å². The Morgan fingerprint density at radius 2 is 1.88 bits per heavy atom. The van der Waals surface area contributed by atoms with Gasteiger partial charge in [0.1, 0.15) is 0 Å². The van der Waals surface area contributed by atoms with Crippen LogP contribution in [-0.2, 0) is 15.9 Å². The van der Waals surface area contributed by atoms with Gasteiger partial charge < -0.3 is 15.2 Å². The molecule has 1 aliphatic rings. The second-order valence-electron chi connectivity index (χ2n) is 4.86. The molecule has 2 rings (SSSR count). The number of methoxy groups -OCH3 is 2. The molecule has 1 aromatic carbocycles. The molecule has 0 heterocycles. The van der Waals surface area contributed by atoms with Gasteiger partial charge in [-0.3, -0.25) is 0 Å². The SMILES string of the molecule is COC(OC)c1ccccc1CCC1(N)CC1. The van der Waals surface area contributed by atoms with E-state index in [-0.39, 0.29) is 11.8 Å². The molecule has 3 heteroatoms. The third kappa shape index (κ3) is 3.06. The van der Waals surface area contributed by atoms with Crippen molar-refractivity contribution in [2.45, 2.75) is 37.5 Å². The Labute approximate surface area is 103 Å². The van der Waals surface area contributed by atoms with Gasteiger partial charge in [0, 0.05) is 25.3 Å². The lowest BCUT2D eigenvalue weighted by molar-refractivity contribution is -0.106. The molecule has 0 bridgehead atoms. The Balaban J connectivity index is 2.09. The molecule has 3 nitrogen and oxygen atoms in total. The van der Waals surface area contributed by atoms with E-state index in [0.29, 0.717) is 0 Å². The van der Waals surface area contributed by atoms with Crippen molar-refractivity contribution in [1.29, 1.82) is 0 Å². The number of hydrogen-bond donors (Lipinski definition) is 1. The van der Waals surface area contributed by atoms with Crippen LogP contribution in [0.3, 0.4) is 0 Å².